The highest BCUT2D eigenvalue weighted by molar-refractivity contribution is 9.09. The second-order valence-electron chi connectivity index (χ2n) is 6.64. The van der Waals surface area contributed by atoms with E-state index in [4.69, 9.17) is 9.47 Å². The summed E-state index contributed by atoms with van der Waals surface area (Å²) in [4.78, 5) is 13.9. The third-order valence-corrected chi connectivity index (χ3v) is 4.40. The van der Waals surface area contributed by atoms with Gasteiger partial charge < -0.3 is 14.4 Å². The molecule has 0 bridgehead atoms. The van der Waals surface area contributed by atoms with E-state index in [0.29, 0.717) is 12.6 Å². The van der Waals surface area contributed by atoms with Crippen LogP contribution >= 0.6 is 15.9 Å². The Morgan fingerprint density at radius 3 is 2.63 bits per heavy atom. The number of nitrogens with zero attached hydrogens (tertiary/aromatic N) is 1. The average molecular weight is 334 g/mol. The Morgan fingerprint density at radius 1 is 1.42 bits per heavy atom. The zero-order chi connectivity index (χ0) is 14.1. The van der Waals surface area contributed by atoms with Gasteiger partial charge in [0.25, 0.3) is 0 Å². The maximum atomic E-state index is 12.2. The van der Waals surface area contributed by atoms with Gasteiger partial charge in [0.05, 0.1) is 18.2 Å². The summed E-state index contributed by atoms with van der Waals surface area (Å²) >= 11 is 3.56. The highest BCUT2D eigenvalue weighted by Gasteiger charge is 2.42. The Balaban J connectivity index is 1.96. The van der Waals surface area contributed by atoms with Gasteiger partial charge >= 0.3 is 6.09 Å². The molecule has 2 fully saturated rings. The van der Waals surface area contributed by atoms with Crippen LogP contribution in [0.1, 0.15) is 46.5 Å². The zero-order valence-corrected chi connectivity index (χ0v) is 13.7. The van der Waals surface area contributed by atoms with Crippen LogP contribution in [-0.4, -0.2) is 46.7 Å². The number of rotatable bonds is 3. The maximum Gasteiger partial charge on any atom is 0.410 e. The number of ether oxygens (including phenoxy) is 2. The summed E-state index contributed by atoms with van der Waals surface area (Å²) in [6.07, 6.45) is 4.46. The summed E-state index contributed by atoms with van der Waals surface area (Å²) in [7, 11) is 0. The van der Waals surface area contributed by atoms with E-state index < -0.39 is 5.60 Å². The van der Waals surface area contributed by atoms with Crippen LogP contribution in [-0.2, 0) is 9.47 Å². The molecule has 19 heavy (non-hydrogen) atoms. The van der Waals surface area contributed by atoms with Gasteiger partial charge in [0, 0.05) is 11.9 Å². The molecule has 1 aliphatic carbocycles. The minimum atomic E-state index is -0.442. The third-order valence-electron chi connectivity index (χ3n) is 3.38. The molecule has 1 saturated carbocycles. The van der Waals surface area contributed by atoms with E-state index in [1.807, 2.05) is 20.8 Å². The molecular formula is C14H24BrNO3. The topological polar surface area (TPSA) is 38.8 Å². The van der Waals surface area contributed by atoms with Crippen LogP contribution in [0.2, 0.25) is 0 Å². The number of hydrogen-bond acceptors (Lipinski definition) is 3. The lowest BCUT2D eigenvalue weighted by molar-refractivity contribution is -0.0840. The highest BCUT2D eigenvalue weighted by atomic mass is 79.9. The molecule has 1 unspecified atom stereocenters. The third kappa shape index (κ3) is 4.35. The van der Waals surface area contributed by atoms with Crippen molar-refractivity contribution in [2.45, 2.75) is 63.8 Å². The molecule has 1 atom stereocenters. The van der Waals surface area contributed by atoms with E-state index in [2.05, 4.69) is 15.9 Å². The Hall–Kier alpha value is -0.290. The zero-order valence-electron chi connectivity index (χ0n) is 12.1. The fraction of sp³-hybridized carbons (Fsp3) is 0.929. The van der Waals surface area contributed by atoms with Gasteiger partial charge in [-0.1, -0.05) is 15.9 Å². The predicted molar refractivity (Wildman–Crippen MR) is 77.7 cm³/mol. The van der Waals surface area contributed by atoms with Crippen molar-refractivity contribution in [3.05, 3.63) is 0 Å². The molecule has 4 nitrogen and oxygen atoms in total. The Labute approximate surface area is 123 Å². The van der Waals surface area contributed by atoms with Gasteiger partial charge in [0.1, 0.15) is 5.60 Å². The number of carbonyl (C=O) groups excluding carboxylic acids is 1. The molecule has 2 aliphatic rings. The van der Waals surface area contributed by atoms with E-state index >= 15 is 0 Å². The second-order valence-corrected chi connectivity index (χ2v) is 7.20. The first-order valence-electron chi connectivity index (χ1n) is 7.05. The molecule has 1 saturated heterocycles. The van der Waals surface area contributed by atoms with Crippen LogP contribution < -0.4 is 0 Å². The first-order chi connectivity index (χ1) is 8.84. The normalized spacial score (nSPS) is 28.3. The Bertz CT molecular complexity index is 338. The van der Waals surface area contributed by atoms with E-state index in [-0.39, 0.29) is 11.7 Å². The van der Waals surface area contributed by atoms with Crippen molar-refractivity contribution in [2.75, 3.05) is 18.4 Å². The van der Waals surface area contributed by atoms with Crippen molar-refractivity contribution in [2.24, 2.45) is 0 Å². The SMILES string of the molecule is CC(C)(C)OC(=O)N1CCCC(CBr)(OC2CC2)C1. The lowest BCUT2D eigenvalue weighted by atomic mass is 9.95. The summed E-state index contributed by atoms with van der Waals surface area (Å²) in [6.45, 7) is 7.08. The van der Waals surface area contributed by atoms with Gasteiger partial charge in [0.15, 0.2) is 0 Å². The fourth-order valence-corrected chi connectivity index (χ4v) is 2.95. The summed E-state index contributed by atoms with van der Waals surface area (Å²) in [5.41, 5.74) is -0.667. The number of alkyl halides is 1. The molecule has 2 rings (SSSR count). The highest BCUT2D eigenvalue weighted by Crippen LogP contribution is 2.35. The van der Waals surface area contributed by atoms with Gasteiger partial charge in [0.2, 0.25) is 0 Å². The van der Waals surface area contributed by atoms with Crippen LogP contribution in [0.5, 0.6) is 0 Å². The van der Waals surface area contributed by atoms with Crippen molar-refractivity contribution >= 4 is 22.0 Å². The standard InChI is InChI=1S/C14H24BrNO3/c1-13(2,3)19-12(17)16-8-4-7-14(9-15,10-16)18-11-5-6-11/h11H,4-10H2,1-3H3. The second kappa shape index (κ2) is 5.60. The quantitative estimate of drug-likeness (QED) is 0.743. The van der Waals surface area contributed by atoms with Gasteiger partial charge in [-0.2, -0.15) is 0 Å². The smallest absolute Gasteiger partial charge is 0.410 e. The van der Waals surface area contributed by atoms with Crippen molar-refractivity contribution in [3.63, 3.8) is 0 Å². The molecule has 0 radical (unpaired) electrons. The van der Waals surface area contributed by atoms with Crippen LogP contribution in [0.15, 0.2) is 0 Å². The van der Waals surface area contributed by atoms with Gasteiger partial charge in [-0.3, -0.25) is 0 Å². The van der Waals surface area contributed by atoms with E-state index in [1.165, 1.54) is 0 Å². The number of halogens is 1. The van der Waals surface area contributed by atoms with Gasteiger partial charge in [-0.05, 0) is 46.5 Å². The summed E-state index contributed by atoms with van der Waals surface area (Å²) in [5, 5.41) is 0.774. The largest absolute Gasteiger partial charge is 0.444 e. The van der Waals surface area contributed by atoms with E-state index in [0.717, 1.165) is 37.6 Å². The molecular weight excluding hydrogens is 310 g/mol. The lowest BCUT2D eigenvalue weighted by Crippen LogP contribution is -2.54. The van der Waals surface area contributed by atoms with Crippen molar-refractivity contribution < 1.29 is 14.3 Å². The number of piperidine rings is 1. The van der Waals surface area contributed by atoms with E-state index in [9.17, 15) is 4.79 Å². The Morgan fingerprint density at radius 2 is 2.11 bits per heavy atom. The molecule has 0 aromatic heterocycles. The molecule has 110 valence electrons. The summed E-state index contributed by atoms with van der Waals surface area (Å²) < 4.78 is 11.6. The van der Waals surface area contributed by atoms with Crippen molar-refractivity contribution in [1.82, 2.24) is 4.90 Å². The van der Waals surface area contributed by atoms with Crippen molar-refractivity contribution in [3.8, 4) is 0 Å². The minimum Gasteiger partial charge on any atom is -0.444 e. The lowest BCUT2D eigenvalue weighted by Gasteiger charge is -2.42. The molecule has 5 heteroatoms. The molecule has 1 aliphatic heterocycles. The monoisotopic (exact) mass is 333 g/mol. The molecule has 1 amide bonds. The van der Waals surface area contributed by atoms with Gasteiger partial charge in [-0.25, -0.2) is 4.79 Å². The van der Waals surface area contributed by atoms with Crippen LogP contribution in [0, 0.1) is 0 Å². The molecule has 1 heterocycles. The van der Waals surface area contributed by atoms with Gasteiger partial charge in [-0.15, -0.1) is 0 Å². The van der Waals surface area contributed by atoms with Crippen LogP contribution in [0.4, 0.5) is 4.79 Å². The molecule has 0 spiro atoms. The van der Waals surface area contributed by atoms with Crippen molar-refractivity contribution in [1.29, 1.82) is 0 Å². The predicted octanol–water partition coefficient (Wildman–Crippen LogP) is 3.33. The number of hydrogen-bond donors (Lipinski definition) is 0. The van der Waals surface area contributed by atoms with Crippen LogP contribution in [0.3, 0.4) is 0 Å². The number of amides is 1. The maximum absolute atomic E-state index is 12.2. The fourth-order valence-electron chi connectivity index (χ4n) is 2.36. The van der Waals surface area contributed by atoms with E-state index in [1.54, 1.807) is 4.90 Å². The average Bonchev–Trinajstić information content (AvgIpc) is 3.11. The molecule has 0 aromatic carbocycles. The first kappa shape index (κ1) is 15.1. The first-order valence-corrected chi connectivity index (χ1v) is 8.17. The minimum absolute atomic E-state index is 0.225. The summed E-state index contributed by atoms with van der Waals surface area (Å²) in [6, 6.07) is 0. The number of likely N-dealkylation sites (tertiary alicyclic amines) is 1. The molecule has 0 aromatic rings. The van der Waals surface area contributed by atoms with Crippen LogP contribution in [0.25, 0.3) is 0 Å². The summed E-state index contributed by atoms with van der Waals surface area (Å²) in [5.74, 6) is 0. The molecule has 0 N–H and O–H groups in total. The number of carbonyl (C=O) groups is 1. The Kier molecular flexibility index (Phi) is 4.45.